The van der Waals surface area contributed by atoms with Gasteiger partial charge in [0.25, 0.3) is 15.9 Å². The summed E-state index contributed by atoms with van der Waals surface area (Å²) in [5.41, 5.74) is 3.17. The van der Waals surface area contributed by atoms with Crippen LogP contribution >= 0.6 is 0 Å². The van der Waals surface area contributed by atoms with Crippen molar-refractivity contribution < 1.29 is 17.9 Å². The highest BCUT2D eigenvalue weighted by atomic mass is 32.2. The van der Waals surface area contributed by atoms with Crippen LogP contribution in [-0.2, 0) is 14.8 Å². The van der Waals surface area contributed by atoms with Gasteiger partial charge in [0.15, 0.2) is 6.10 Å². The molecule has 0 radical (unpaired) electrons. The van der Waals surface area contributed by atoms with E-state index in [1.165, 1.54) is 23.6 Å². The van der Waals surface area contributed by atoms with Crippen molar-refractivity contribution >= 4 is 33.0 Å². The Bertz CT molecular complexity index is 1300. The third-order valence-electron chi connectivity index (χ3n) is 6.49. The maximum atomic E-state index is 13.5. The minimum absolute atomic E-state index is 0.120. The quantitative estimate of drug-likeness (QED) is 0.565. The van der Waals surface area contributed by atoms with Gasteiger partial charge in [-0.25, -0.2) is 8.42 Å². The number of para-hydroxylation sites is 2. The number of anilines is 3. The first-order valence-corrected chi connectivity index (χ1v) is 13.4. The highest BCUT2D eigenvalue weighted by Gasteiger charge is 2.37. The molecule has 7 nitrogen and oxygen atoms in total. The average Bonchev–Trinajstić information content (AvgIpc) is 2.89. The van der Waals surface area contributed by atoms with E-state index < -0.39 is 22.0 Å². The van der Waals surface area contributed by atoms with E-state index in [0.29, 0.717) is 17.1 Å². The van der Waals surface area contributed by atoms with E-state index in [1.807, 2.05) is 31.2 Å². The molecule has 0 spiro atoms. The van der Waals surface area contributed by atoms with Crippen LogP contribution < -0.4 is 19.3 Å². The number of nitrogens with one attached hydrogen (secondary N) is 1. The number of hydrogen-bond donors (Lipinski definition) is 1. The molecule has 5 rings (SSSR count). The number of nitrogens with zero attached hydrogens (tertiary/aromatic N) is 2. The van der Waals surface area contributed by atoms with Gasteiger partial charge in [-0.2, -0.15) is 0 Å². The van der Waals surface area contributed by atoms with Crippen molar-refractivity contribution in [3.63, 3.8) is 0 Å². The standard InChI is InChI=1S/C27H29N3O4S/c1-20-9-15-23(16-10-20)35(32,33)30-19-26(34-25-8-4-3-7-24(25)30)27(31)28-21-11-13-22(14-12-21)29-17-5-2-6-18-29/h3-4,7-16,26H,2,5-6,17-19H2,1H3,(H,28,31). The third-order valence-corrected chi connectivity index (χ3v) is 8.29. The molecule has 1 amide bonds. The van der Waals surface area contributed by atoms with Crippen molar-refractivity contribution in [3.8, 4) is 5.75 Å². The summed E-state index contributed by atoms with van der Waals surface area (Å²) in [5, 5.41) is 2.89. The average molecular weight is 492 g/mol. The molecule has 8 heteroatoms. The maximum Gasteiger partial charge on any atom is 0.267 e. The number of benzene rings is 3. The Hall–Kier alpha value is -3.52. The van der Waals surface area contributed by atoms with Crippen molar-refractivity contribution in [2.75, 3.05) is 34.2 Å². The molecule has 1 atom stereocenters. The largest absolute Gasteiger partial charge is 0.476 e. The molecule has 0 saturated carbocycles. The van der Waals surface area contributed by atoms with Crippen molar-refractivity contribution in [3.05, 3.63) is 78.4 Å². The molecular formula is C27H29N3O4S. The molecule has 0 bridgehead atoms. The van der Waals surface area contributed by atoms with Crippen LogP contribution in [0, 0.1) is 6.92 Å². The minimum atomic E-state index is -3.88. The predicted octanol–water partition coefficient (Wildman–Crippen LogP) is 4.58. The molecule has 1 N–H and O–H groups in total. The number of aryl methyl sites for hydroxylation is 1. The van der Waals surface area contributed by atoms with Gasteiger partial charge >= 0.3 is 0 Å². The third kappa shape index (κ3) is 4.84. The molecule has 2 aliphatic heterocycles. The van der Waals surface area contributed by atoms with Gasteiger partial charge in [-0.15, -0.1) is 0 Å². The molecule has 3 aromatic rings. The second kappa shape index (κ2) is 9.62. The fourth-order valence-electron chi connectivity index (χ4n) is 4.53. The second-order valence-electron chi connectivity index (χ2n) is 9.01. The Morgan fingerprint density at radius 3 is 2.31 bits per heavy atom. The van der Waals surface area contributed by atoms with Crippen LogP contribution in [0.3, 0.4) is 0 Å². The van der Waals surface area contributed by atoms with Crippen LogP contribution in [0.5, 0.6) is 5.75 Å². The van der Waals surface area contributed by atoms with Gasteiger partial charge in [0.05, 0.1) is 17.1 Å². The lowest BCUT2D eigenvalue weighted by atomic mass is 10.1. The lowest BCUT2D eigenvalue weighted by Crippen LogP contribution is -2.48. The van der Waals surface area contributed by atoms with E-state index in [4.69, 9.17) is 4.74 Å². The molecule has 1 fully saturated rings. The van der Waals surface area contributed by atoms with Crippen LogP contribution in [-0.4, -0.2) is 40.1 Å². The molecule has 182 valence electrons. The second-order valence-corrected chi connectivity index (χ2v) is 10.9. The number of carbonyl (C=O) groups is 1. The van der Waals surface area contributed by atoms with E-state index in [9.17, 15) is 13.2 Å². The van der Waals surface area contributed by atoms with Crippen LogP contribution in [0.1, 0.15) is 24.8 Å². The van der Waals surface area contributed by atoms with Gasteiger partial charge in [0.2, 0.25) is 0 Å². The zero-order valence-corrected chi connectivity index (χ0v) is 20.5. The van der Waals surface area contributed by atoms with Gasteiger partial charge in [-0.3, -0.25) is 9.10 Å². The van der Waals surface area contributed by atoms with Gasteiger partial charge < -0.3 is 15.0 Å². The van der Waals surface area contributed by atoms with Gasteiger partial charge in [-0.1, -0.05) is 29.8 Å². The number of sulfonamides is 1. The zero-order valence-electron chi connectivity index (χ0n) is 19.7. The number of rotatable bonds is 5. The van der Waals surface area contributed by atoms with Crippen molar-refractivity contribution in [1.82, 2.24) is 0 Å². The predicted molar refractivity (Wildman–Crippen MR) is 138 cm³/mol. The summed E-state index contributed by atoms with van der Waals surface area (Å²) in [7, 11) is -3.88. The first-order valence-electron chi connectivity index (χ1n) is 11.9. The molecular weight excluding hydrogens is 462 g/mol. The summed E-state index contributed by atoms with van der Waals surface area (Å²) in [4.78, 5) is 15.7. The van der Waals surface area contributed by atoms with E-state index in [2.05, 4.69) is 10.2 Å². The Labute approximate surface area is 206 Å². The summed E-state index contributed by atoms with van der Waals surface area (Å²) < 4.78 is 34.2. The number of carbonyl (C=O) groups excluding carboxylic acids is 1. The summed E-state index contributed by atoms with van der Waals surface area (Å²) in [6.45, 7) is 3.88. The van der Waals surface area contributed by atoms with Crippen LogP contribution in [0.25, 0.3) is 0 Å². The Balaban J connectivity index is 1.36. The molecule has 0 aliphatic carbocycles. The van der Waals surface area contributed by atoms with Crippen LogP contribution in [0.15, 0.2) is 77.7 Å². The fourth-order valence-corrected chi connectivity index (χ4v) is 6.01. The first kappa shape index (κ1) is 23.2. The summed E-state index contributed by atoms with van der Waals surface area (Å²) >= 11 is 0. The normalized spacial score (nSPS) is 17.9. The Morgan fingerprint density at radius 2 is 1.60 bits per heavy atom. The number of piperidine rings is 1. The zero-order chi connectivity index (χ0) is 24.4. The van der Waals surface area contributed by atoms with E-state index in [-0.39, 0.29) is 11.4 Å². The highest BCUT2D eigenvalue weighted by molar-refractivity contribution is 7.92. The van der Waals surface area contributed by atoms with Crippen molar-refractivity contribution in [2.24, 2.45) is 0 Å². The first-order chi connectivity index (χ1) is 16.9. The van der Waals surface area contributed by atoms with Gasteiger partial charge in [-0.05, 0) is 74.7 Å². The molecule has 1 saturated heterocycles. The summed E-state index contributed by atoms with van der Waals surface area (Å²) in [5.74, 6) is -0.0376. The number of ether oxygens (including phenoxy) is 1. The molecule has 35 heavy (non-hydrogen) atoms. The number of amides is 1. The fraction of sp³-hybridized carbons (Fsp3) is 0.296. The monoisotopic (exact) mass is 491 g/mol. The molecule has 1 unspecified atom stereocenters. The van der Waals surface area contributed by atoms with Crippen molar-refractivity contribution in [2.45, 2.75) is 37.2 Å². The topological polar surface area (TPSA) is 79.0 Å². The number of fused-ring (bicyclic) bond motifs is 1. The smallest absolute Gasteiger partial charge is 0.267 e. The lowest BCUT2D eigenvalue weighted by Gasteiger charge is -2.34. The SMILES string of the molecule is Cc1ccc(S(=O)(=O)N2CC(C(=O)Nc3ccc(N4CCCCC4)cc3)Oc3ccccc32)cc1. The summed E-state index contributed by atoms with van der Waals surface area (Å²) in [6, 6.07) is 21.3. The lowest BCUT2D eigenvalue weighted by molar-refractivity contribution is -0.122. The molecule has 2 aliphatic rings. The van der Waals surface area contributed by atoms with E-state index in [0.717, 1.165) is 24.3 Å². The van der Waals surface area contributed by atoms with Crippen LogP contribution in [0.4, 0.5) is 17.1 Å². The summed E-state index contributed by atoms with van der Waals surface area (Å²) in [6.07, 6.45) is 2.67. The minimum Gasteiger partial charge on any atom is -0.476 e. The Morgan fingerprint density at radius 1 is 0.914 bits per heavy atom. The van der Waals surface area contributed by atoms with Gasteiger partial charge in [0.1, 0.15) is 5.75 Å². The molecule has 3 aromatic carbocycles. The van der Waals surface area contributed by atoms with E-state index >= 15 is 0 Å². The Kier molecular flexibility index (Phi) is 6.38. The maximum absolute atomic E-state index is 13.5. The highest BCUT2D eigenvalue weighted by Crippen LogP contribution is 2.37. The van der Waals surface area contributed by atoms with Crippen molar-refractivity contribution in [1.29, 1.82) is 0 Å². The van der Waals surface area contributed by atoms with E-state index in [1.54, 1.807) is 48.5 Å². The van der Waals surface area contributed by atoms with Crippen LogP contribution in [0.2, 0.25) is 0 Å². The molecule has 0 aromatic heterocycles. The number of hydrogen-bond acceptors (Lipinski definition) is 5. The van der Waals surface area contributed by atoms with Gasteiger partial charge in [0, 0.05) is 24.5 Å². The molecule has 2 heterocycles.